The molecule has 4 nitrogen and oxygen atoms in total. The fourth-order valence-corrected chi connectivity index (χ4v) is 1.85. The molecular weight excluding hydrogens is 232 g/mol. The number of rotatable bonds is 7. The molecule has 1 atom stereocenters. The first-order valence-electron chi connectivity index (χ1n) is 6.74. The van der Waals surface area contributed by atoms with Crippen LogP contribution < -0.4 is 0 Å². The van der Waals surface area contributed by atoms with Crippen LogP contribution >= 0.6 is 0 Å². The molecule has 1 aliphatic heterocycles. The average molecular weight is 254 g/mol. The first kappa shape index (κ1) is 14.7. The molecule has 4 heteroatoms. The number of allylic oxidation sites excluding steroid dienone is 1. The Morgan fingerprint density at radius 3 is 2.61 bits per heavy atom. The summed E-state index contributed by atoms with van der Waals surface area (Å²) in [4.78, 5) is 23.3. The van der Waals surface area contributed by atoms with E-state index in [-0.39, 0.29) is 17.5 Å². The van der Waals surface area contributed by atoms with Crippen molar-refractivity contribution in [2.75, 3.05) is 0 Å². The van der Waals surface area contributed by atoms with Gasteiger partial charge in [0, 0.05) is 12.8 Å². The van der Waals surface area contributed by atoms with E-state index < -0.39 is 6.10 Å². The molecule has 0 amide bonds. The number of Topliss-reactive ketones (excluding diaryl/α,β-unsaturated/α-hetero) is 1. The fourth-order valence-electron chi connectivity index (χ4n) is 1.85. The third-order valence-electron chi connectivity index (χ3n) is 2.94. The van der Waals surface area contributed by atoms with Crippen LogP contribution in [0.2, 0.25) is 0 Å². The van der Waals surface area contributed by atoms with Crippen LogP contribution in [0.1, 0.15) is 59.3 Å². The number of ether oxygens (including phenoxy) is 2. The van der Waals surface area contributed by atoms with Crippen molar-refractivity contribution in [1.82, 2.24) is 0 Å². The summed E-state index contributed by atoms with van der Waals surface area (Å²) in [5, 5.41) is 0. The average Bonchev–Trinajstić information content (AvgIpc) is 2.62. The van der Waals surface area contributed by atoms with Gasteiger partial charge in [0.15, 0.2) is 6.10 Å². The van der Waals surface area contributed by atoms with Gasteiger partial charge in [0.2, 0.25) is 11.5 Å². The molecule has 0 saturated heterocycles. The van der Waals surface area contributed by atoms with Crippen molar-refractivity contribution in [3.8, 4) is 0 Å². The highest BCUT2D eigenvalue weighted by Gasteiger charge is 2.33. The van der Waals surface area contributed by atoms with E-state index >= 15 is 0 Å². The van der Waals surface area contributed by atoms with Crippen molar-refractivity contribution in [1.29, 1.82) is 0 Å². The maximum absolute atomic E-state index is 11.7. The quantitative estimate of drug-likeness (QED) is 0.517. The Kier molecular flexibility index (Phi) is 5.89. The molecule has 0 N–H and O–H groups in total. The summed E-state index contributed by atoms with van der Waals surface area (Å²) in [6.45, 7) is 5.66. The van der Waals surface area contributed by atoms with E-state index in [1.54, 1.807) is 6.92 Å². The number of esters is 1. The van der Waals surface area contributed by atoms with Crippen LogP contribution in [0.4, 0.5) is 0 Å². The number of unbranched alkanes of at least 4 members (excludes halogenated alkanes) is 3. The lowest BCUT2D eigenvalue weighted by molar-refractivity contribution is -0.142. The van der Waals surface area contributed by atoms with E-state index in [1.807, 2.05) is 6.92 Å². The van der Waals surface area contributed by atoms with Gasteiger partial charge in [0.25, 0.3) is 0 Å². The van der Waals surface area contributed by atoms with Crippen LogP contribution in [-0.2, 0) is 19.1 Å². The van der Waals surface area contributed by atoms with E-state index in [0.717, 1.165) is 25.7 Å². The highest BCUT2D eigenvalue weighted by molar-refractivity contribution is 6.00. The molecule has 1 aliphatic rings. The molecule has 0 radical (unpaired) electrons. The molecule has 102 valence electrons. The number of carbonyl (C=O) groups excluding carboxylic acids is 2. The summed E-state index contributed by atoms with van der Waals surface area (Å²) >= 11 is 0. The summed E-state index contributed by atoms with van der Waals surface area (Å²) < 4.78 is 10.5. The van der Waals surface area contributed by atoms with E-state index in [9.17, 15) is 9.59 Å². The highest BCUT2D eigenvalue weighted by Crippen LogP contribution is 2.25. The molecule has 18 heavy (non-hydrogen) atoms. The molecule has 1 rings (SSSR count). The van der Waals surface area contributed by atoms with Crippen LogP contribution in [0.5, 0.6) is 0 Å². The molecule has 0 aromatic carbocycles. The molecule has 0 aromatic heterocycles. The maximum Gasteiger partial charge on any atom is 0.311 e. The van der Waals surface area contributed by atoms with Gasteiger partial charge in [-0.15, -0.1) is 0 Å². The summed E-state index contributed by atoms with van der Waals surface area (Å²) in [6.07, 6.45) is 4.48. The number of hydrogen-bond donors (Lipinski definition) is 0. The minimum Gasteiger partial charge on any atom is -0.483 e. The SMILES string of the molecule is CCCCCCC(=O)OC1=C(CC)OC(C)C1=O. The monoisotopic (exact) mass is 254 g/mol. The van der Waals surface area contributed by atoms with Crippen LogP contribution in [0, 0.1) is 0 Å². The Morgan fingerprint density at radius 2 is 2.00 bits per heavy atom. The van der Waals surface area contributed by atoms with Gasteiger partial charge in [0.05, 0.1) is 0 Å². The van der Waals surface area contributed by atoms with Gasteiger partial charge in [-0.2, -0.15) is 0 Å². The maximum atomic E-state index is 11.7. The van der Waals surface area contributed by atoms with Gasteiger partial charge in [0.1, 0.15) is 5.76 Å². The Hall–Kier alpha value is -1.32. The standard InChI is InChI=1S/C14H22O4/c1-4-6-7-8-9-12(15)18-14-11(5-2)17-10(3)13(14)16/h10H,4-9H2,1-3H3. The predicted octanol–water partition coefficient (Wildman–Crippen LogP) is 3.11. The lowest BCUT2D eigenvalue weighted by Crippen LogP contribution is -2.16. The topological polar surface area (TPSA) is 52.6 Å². The van der Waals surface area contributed by atoms with E-state index in [4.69, 9.17) is 9.47 Å². The summed E-state index contributed by atoms with van der Waals surface area (Å²) in [5.41, 5.74) is 0. The zero-order chi connectivity index (χ0) is 13.5. The minimum absolute atomic E-state index is 0.116. The largest absolute Gasteiger partial charge is 0.483 e. The molecule has 0 aliphatic carbocycles. The van der Waals surface area contributed by atoms with Gasteiger partial charge < -0.3 is 9.47 Å². The minimum atomic E-state index is -0.525. The van der Waals surface area contributed by atoms with Gasteiger partial charge in [-0.3, -0.25) is 9.59 Å². The number of ketones is 1. The second-order valence-corrected chi connectivity index (χ2v) is 4.51. The Labute approximate surface area is 108 Å². The zero-order valence-electron chi connectivity index (χ0n) is 11.5. The molecule has 0 bridgehead atoms. The normalized spacial score (nSPS) is 19.1. The highest BCUT2D eigenvalue weighted by atomic mass is 16.6. The van der Waals surface area contributed by atoms with Crippen LogP contribution in [-0.4, -0.2) is 17.9 Å². The molecule has 0 aromatic rings. The second kappa shape index (κ2) is 7.19. The smallest absolute Gasteiger partial charge is 0.311 e. The molecule has 0 fully saturated rings. The van der Waals surface area contributed by atoms with Gasteiger partial charge in [-0.1, -0.05) is 33.1 Å². The summed E-state index contributed by atoms with van der Waals surface area (Å²) in [5.74, 6) is 0.0479. The summed E-state index contributed by atoms with van der Waals surface area (Å²) in [7, 11) is 0. The van der Waals surface area contributed by atoms with E-state index in [0.29, 0.717) is 18.6 Å². The molecule has 0 spiro atoms. The first-order valence-corrected chi connectivity index (χ1v) is 6.74. The second-order valence-electron chi connectivity index (χ2n) is 4.51. The third kappa shape index (κ3) is 3.86. The van der Waals surface area contributed by atoms with Crippen molar-refractivity contribution in [3.05, 3.63) is 11.5 Å². The fraction of sp³-hybridized carbons (Fsp3) is 0.714. The van der Waals surface area contributed by atoms with Crippen molar-refractivity contribution in [2.45, 2.75) is 65.4 Å². The lowest BCUT2D eigenvalue weighted by Gasteiger charge is -2.04. The van der Waals surface area contributed by atoms with Gasteiger partial charge in [-0.05, 0) is 13.3 Å². The van der Waals surface area contributed by atoms with Crippen LogP contribution in [0.15, 0.2) is 11.5 Å². The Balaban J connectivity index is 2.45. The summed E-state index contributed by atoms with van der Waals surface area (Å²) in [6, 6.07) is 0. The van der Waals surface area contributed by atoms with Gasteiger partial charge >= 0.3 is 5.97 Å². The third-order valence-corrected chi connectivity index (χ3v) is 2.94. The molecule has 0 saturated carbocycles. The lowest BCUT2D eigenvalue weighted by atomic mass is 10.1. The molecule has 1 unspecified atom stereocenters. The van der Waals surface area contributed by atoms with E-state index in [2.05, 4.69) is 6.92 Å². The molecular formula is C14H22O4. The van der Waals surface area contributed by atoms with Crippen molar-refractivity contribution in [2.24, 2.45) is 0 Å². The van der Waals surface area contributed by atoms with Crippen molar-refractivity contribution >= 4 is 11.8 Å². The predicted molar refractivity (Wildman–Crippen MR) is 67.7 cm³/mol. The van der Waals surface area contributed by atoms with E-state index in [1.165, 1.54) is 0 Å². The van der Waals surface area contributed by atoms with Crippen molar-refractivity contribution < 1.29 is 19.1 Å². The zero-order valence-corrected chi connectivity index (χ0v) is 11.5. The first-order chi connectivity index (χ1) is 8.60. The van der Waals surface area contributed by atoms with Crippen molar-refractivity contribution in [3.63, 3.8) is 0 Å². The van der Waals surface area contributed by atoms with Crippen LogP contribution in [0.25, 0.3) is 0 Å². The Morgan fingerprint density at radius 1 is 1.28 bits per heavy atom. The Bertz CT molecular complexity index is 344. The van der Waals surface area contributed by atoms with Crippen LogP contribution in [0.3, 0.4) is 0 Å². The number of carbonyl (C=O) groups is 2. The van der Waals surface area contributed by atoms with Gasteiger partial charge in [-0.25, -0.2) is 0 Å². The molecule has 1 heterocycles. The number of hydrogen-bond acceptors (Lipinski definition) is 4.